The van der Waals surface area contributed by atoms with Crippen molar-refractivity contribution >= 4 is 17.5 Å². The summed E-state index contributed by atoms with van der Waals surface area (Å²) in [5.41, 5.74) is 0.376. The van der Waals surface area contributed by atoms with Crippen molar-refractivity contribution in [2.24, 2.45) is 0 Å². The molecule has 4 nitrogen and oxygen atoms in total. The highest BCUT2D eigenvalue weighted by Crippen LogP contribution is 2.20. The van der Waals surface area contributed by atoms with Crippen LogP contribution in [0.1, 0.15) is 22.8 Å². The van der Waals surface area contributed by atoms with Crippen LogP contribution in [0.4, 0.5) is 0 Å². The van der Waals surface area contributed by atoms with Crippen LogP contribution in [0.3, 0.4) is 0 Å². The summed E-state index contributed by atoms with van der Waals surface area (Å²) in [6, 6.07) is 12.5. The molecule has 0 bridgehead atoms. The lowest BCUT2D eigenvalue weighted by molar-refractivity contribution is 0.0849. The molecule has 0 aliphatic heterocycles. The Hall–Kier alpha value is -1.91. The molecule has 1 heterocycles. The standard InChI is InChI=1S/C15H15ClN2O2/c1-15(10-19,12-5-3-2-4-6-12)18-14(20)11-7-8-13(16)17-9-11/h2-9,19H,10H2,1H3,(H,18,20). The normalized spacial score (nSPS) is 13.6. The van der Waals surface area contributed by atoms with E-state index in [9.17, 15) is 9.90 Å². The van der Waals surface area contributed by atoms with Gasteiger partial charge >= 0.3 is 0 Å². The number of aliphatic hydroxyl groups is 1. The smallest absolute Gasteiger partial charge is 0.253 e. The van der Waals surface area contributed by atoms with Crippen LogP contribution in [0, 0.1) is 0 Å². The second kappa shape index (κ2) is 6.03. The lowest BCUT2D eigenvalue weighted by Crippen LogP contribution is -2.46. The van der Waals surface area contributed by atoms with Gasteiger partial charge in [0.25, 0.3) is 5.91 Å². The number of halogens is 1. The van der Waals surface area contributed by atoms with E-state index in [1.807, 2.05) is 30.3 Å². The van der Waals surface area contributed by atoms with Crippen molar-refractivity contribution < 1.29 is 9.90 Å². The number of nitrogens with zero attached hydrogens (tertiary/aromatic N) is 1. The summed E-state index contributed by atoms with van der Waals surface area (Å²) in [5, 5.41) is 12.8. The van der Waals surface area contributed by atoms with E-state index in [-0.39, 0.29) is 12.5 Å². The zero-order valence-electron chi connectivity index (χ0n) is 11.0. The quantitative estimate of drug-likeness (QED) is 0.850. The Morgan fingerprint density at radius 2 is 2.00 bits per heavy atom. The monoisotopic (exact) mass is 290 g/mol. The minimum Gasteiger partial charge on any atom is -0.394 e. The van der Waals surface area contributed by atoms with Gasteiger partial charge in [-0.25, -0.2) is 4.98 Å². The number of aromatic nitrogens is 1. The molecule has 0 fully saturated rings. The highest BCUT2D eigenvalue weighted by molar-refractivity contribution is 6.29. The number of rotatable bonds is 4. The van der Waals surface area contributed by atoms with E-state index in [0.717, 1.165) is 5.56 Å². The molecule has 20 heavy (non-hydrogen) atoms. The number of carbonyl (C=O) groups is 1. The number of pyridine rings is 1. The van der Waals surface area contributed by atoms with Gasteiger partial charge in [-0.15, -0.1) is 0 Å². The van der Waals surface area contributed by atoms with Crippen LogP contribution in [0.5, 0.6) is 0 Å². The first kappa shape index (κ1) is 14.5. The summed E-state index contributed by atoms with van der Waals surface area (Å²) >= 11 is 5.69. The van der Waals surface area contributed by atoms with Crippen LogP contribution in [0.2, 0.25) is 5.15 Å². The number of amides is 1. The summed E-state index contributed by atoms with van der Waals surface area (Å²) in [6.07, 6.45) is 1.40. The van der Waals surface area contributed by atoms with Gasteiger partial charge in [0.2, 0.25) is 0 Å². The van der Waals surface area contributed by atoms with Crippen molar-refractivity contribution in [2.75, 3.05) is 6.61 Å². The van der Waals surface area contributed by atoms with Gasteiger partial charge in [-0.1, -0.05) is 41.9 Å². The summed E-state index contributed by atoms with van der Waals surface area (Å²) < 4.78 is 0. The lowest BCUT2D eigenvalue weighted by Gasteiger charge is -2.29. The van der Waals surface area contributed by atoms with Crippen LogP contribution in [0.15, 0.2) is 48.7 Å². The third-order valence-electron chi connectivity index (χ3n) is 3.11. The van der Waals surface area contributed by atoms with E-state index in [2.05, 4.69) is 10.3 Å². The molecule has 0 aliphatic carbocycles. The minimum absolute atomic E-state index is 0.205. The third-order valence-corrected chi connectivity index (χ3v) is 3.33. The Morgan fingerprint density at radius 3 is 2.55 bits per heavy atom. The van der Waals surface area contributed by atoms with Crippen molar-refractivity contribution in [3.8, 4) is 0 Å². The Labute approximate surface area is 122 Å². The maximum atomic E-state index is 12.2. The highest BCUT2D eigenvalue weighted by Gasteiger charge is 2.28. The number of hydrogen-bond acceptors (Lipinski definition) is 3. The molecule has 1 aromatic carbocycles. The molecule has 0 radical (unpaired) electrons. The maximum Gasteiger partial charge on any atom is 0.253 e. The molecule has 2 aromatic rings. The Bertz CT molecular complexity index is 587. The predicted molar refractivity (Wildman–Crippen MR) is 77.6 cm³/mol. The minimum atomic E-state index is -0.849. The fourth-order valence-corrected chi connectivity index (χ4v) is 1.95. The van der Waals surface area contributed by atoms with Crippen LogP contribution in [0.25, 0.3) is 0 Å². The summed E-state index contributed by atoms with van der Waals surface area (Å²) in [7, 11) is 0. The van der Waals surface area contributed by atoms with Gasteiger partial charge in [0.1, 0.15) is 5.15 Å². The van der Waals surface area contributed by atoms with Crippen molar-refractivity contribution in [3.05, 3.63) is 64.9 Å². The number of nitrogens with one attached hydrogen (secondary N) is 1. The molecule has 0 spiro atoms. The van der Waals surface area contributed by atoms with Gasteiger partial charge in [0, 0.05) is 6.20 Å². The first-order chi connectivity index (χ1) is 9.55. The first-order valence-corrected chi connectivity index (χ1v) is 6.53. The van der Waals surface area contributed by atoms with E-state index in [0.29, 0.717) is 10.7 Å². The van der Waals surface area contributed by atoms with E-state index in [4.69, 9.17) is 11.6 Å². The fraction of sp³-hybridized carbons (Fsp3) is 0.200. The predicted octanol–water partition coefficient (Wildman–Crippen LogP) is 2.37. The number of hydrogen-bond donors (Lipinski definition) is 2. The van der Waals surface area contributed by atoms with Gasteiger partial charge in [-0.2, -0.15) is 0 Å². The SMILES string of the molecule is CC(CO)(NC(=O)c1ccc(Cl)nc1)c1ccccc1. The Kier molecular flexibility index (Phi) is 4.37. The summed E-state index contributed by atoms with van der Waals surface area (Å²) in [5.74, 6) is -0.311. The van der Waals surface area contributed by atoms with Crippen LogP contribution in [-0.2, 0) is 5.54 Å². The highest BCUT2D eigenvalue weighted by atomic mass is 35.5. The van der Waals surface area contributed by atoms with Gasteiger partial charge < -0.3 is 10.4 Å². The molecule has 2 rings (SSSR count). The molecule has 5 heteroatoms. The van der Waals surface area contributed by atoms with Crippen molar-refractivity contribution in [1.29, 1.82) is 0 Å². The molecule has 2 N–H and O–H groups in total. The van der Waals surface area contributed by atoms with Gasteiger partial charge in [-0.05, 0) is 24.6 Å². The number of carbonyl (C=O) groups excluding carboxylic acids is 1. The lowest BCUT2D eigenvalue weighted by atomic mass is 9.92. The average Bonchev–Trinajstić information content (AvgIpc) is 2.48. The van der Waals surface area contributed by atoms with Crippen molar-refractivity contribution in [2.45, 2.75) is 12.5 Å². The van der Waals surface area contributed by atoms with Gasteiger partial charge in [-0.3, -0.25) is 4.79 Å². The molecule has 1 amide bonds. The second-order valence-electron chi connectivity index (χ2n) is 4.68. The summed E-state index contributed by atoms with van der Waals surface area (Å²) in [6.45, 7) is 1.56. The Morgan fingerprint density at radius 1 is 1.30 bits per heavy atom. The Balaban J connectivity index is 2.22. The van der Waals surface area contributed by atoms with Crippen LogP contribution in [-0.4, -0.2) is 22.6 Å². The molecule has 0 aliphatic rings. The molecule has 1 atom stereocenters. The van der Waals surface area contributed by atoms with Gasteiger partial charge in [0.15, 0.2) is 0 Å². The van der Waals surface area contributed by atoms with Gasteiger partial charge in [0.05, 0.1) is 17.7 Å². The van der Waals surface area contributed by atoms with E-state index >= 15 is 0 Å². The molecule has 0 saturated carbocycles. The average molecular weight is 291 g/mol. The second-order valence-corrected chi connectivity index (χ2v) is 5.07. The van der Waals surface area contributed by atoms with Crippen molar-refractivity contribution in [1.82, 2.24) is 10.3 Å². The van der Waals surface area contributed by atoms with E-state index in [1.165, 1.54) is 6.20 Å². The van der Waals surface area contributed by atoms with Crippen molar-refractivity contribution in [3.63, 3.8) is 0 Å². The summed E-state index contributed by atoms with van der Waals surface area (Å²) in [4.78, 5) is 16.1. The maximum absolute atomic E-state index is 12.2. The zero-order chi connectivity index (χ0) is 14.6. The number of aliphatic hydroxyl groups excluding tert-OH is 1. The zero-order valence-corrected chi connectivity index (χ0v) is 11.8. The van der Waals surface area contributed by atoms with E-state index in [1.54, 1.807) is 19.1 Å². The molecule has 1 unspecified atom stereocenters. The molecule has 0 saturated heterocycles. The topological polar surface area (TPSA) is 62.2 Å². The molecule has 1 aromatic heterocycles. The van der Waals surface area contributed by atoms with Crippen LogP contribution < -0.4 is 5.32 Å². The van der Waals surface area contributed by atoms with Crippen LogP contribution >= 0.6 is 11.6 Å². The number of benzene rings is 1. The molecular formula is C15H15ClN2O2. The third kappa shape index (κ3) is 3.15. The molecular weight excluding hydrogens is 276 g/mol. The van der Waals surface area contributed by atoms with E-state index < -0.39 is 5.54 Å². The first-order valence-electron chi connectivity index (χ1n) is 6.15. The fourth-order valence-electron chi connectivity index (χ4n) is 1.84. The largest absolute Gasteiger partial charge is 0.394 e. The molecule has 104 valence electrons.